The number of methoxy groups -OCH3 is 1. The Hall–Kier alpha value is -3.46. The fraction of sp³-hybridized carbons (Fsp3) is 0.100. The normalized spacial score (nSPS) is 10.7. The third-order valence-electron chi connectivity index (χ3n) is 3.83. The van der Waals surface area contributed by atoms with Gasteiger partial charge in [-0.3, -0.25) is 15.5 Å². The maximum atomic E-state index is 10.6. The first kappa shape index (κ1) is 20.3. The summed E-state index contributed by atoms with van der Waals surface area (Å²) in [6.07, 6.45) is 2.74. The van der Waals surface area contributed by atoms with Crippen LogP contribution < -0.4 is 14.9 Å². The summed E-state index contributed by atoms with van der Waals surface area (Å²) in [5.74, 6) is 1.55. The average Bonchev–Trinajstić information content (AvgIpc) is 2.73. The molecule has 0 aliphatic carbocycles. The molecule has 2 aromatic carbocycles. The third kappa shape index (κ3) is 5.52. The van der Waals surface area contributed by atoms with Crippen molar-refractivity contribution in [1.82, 2.24) is 4.98 Å². The summed E-state index contributed by atoms with van der Waals surface area (Å²) in [6, 6.07) is 16.3. The van der Waals surface area contributed by atoms with Gasteiger partial charge in [0.25, 0.3) is 5.69 Å². The molecule has 0 radical (unpaired) electrons. The van der Waals surface area contributed by atoms with Gasteiger partial charge in [-0.25, -0.2) is 4.98 Å². The SMILES string of the molecule is COc1cc(/C=N/Nc2ccc([N+](=O)[O-])cn2)cc(Br)c1OCc1ccccc1. The Morgan fingerprint density at radius 1 is 1.24 bits per heavy atom. The van der Waals surface area contributed by atoms with Crippen molar-refractivity contribution in [3.63, 3.8) is 0 Å². The zero-order valence-electron chi connectivity index (χ0n) is 15.4. The van der Waals surface area contributed by atoms with Crippen LogP contribution in [0.15, 0.2) is 70.4 Å². The van der Waals surface area contributed by atoms with Crippen molar-refractivity contribution in [2.75, 3.05) is 12.5 Å². The van der Waals surface area contributed by atoms with Gasteiger partial charge in [0.2, 0.25) is 0 Å². The Labute approximate surface area is 175 Å². The lowest BCUT2D eigenvalue weighted by atomic mass is 10.2. The highest BCUT2D eigenvalue weighted by Crippen LogP contribution is 2.36. The van der Waals surface area contributed by atoms with Gasteiger partial charge in [0.1, 0.15) is 18.6 Å². The molecule has 0 saturated heterocycles. The van der Waals surface area contributed by atoms with Gasteiger partial charge in [-0.1, -0.05) is 30.3 Å². The Balaban J connectivity index is 1.69. The number of halogens is 1. The number of pyridine rings is 1. The highest BCUT2D eigenvalue weighted by molar-refractivity contribution is 9.10. The van der Waals surface area contributed by atoms with Gasteiger partial charge in [0.05, 0.1) is 22.7 Å². The number of nitrogens with zero attached hydrogens (tertiary/aromatic N) is 3. The van der Waals surface area contributed by atoms with E-state index in [-0.39, 0.29) is 5.69 Å². The number of nitro groups is 1. The van der Waals surface area contributed by atoms with E-state index >= 15 is 0 Å². The number of benzene rings is 2. The van der Waals surface area contributed by atoms with E-state index in [1.807, 2.05) is 36.4 Å². The molecule has 1 heterocycles. The minimum absolute atomic E-state index is 0.0840. The number of hydrogen-bond acceptors (Lipinski definition) is 7. The van der Waals surface area contributed by atoms with Crippen LogP contribution in [0.4, 0.5) is 11.5 Å². The lowest BCUT2D eigenvalue weighted by molar-refractivity contribution is -0.385. The van der Waals surface area contributed by atoms with E-state index in [9.17, 15) is 10.1 Å². The predicted octanol–water partition coefficient (Wildman–Crippen LogP) is 4.79. The number of rotatable bonds is 8. The topological polar surface area (TPSA) is 98.9 Å². The van der Waals surface area contributed by atoms with Gasteiger partial charge in [0, 0.05) is 6.07 Å². The molecule has 1 aromatic heterocycles. The summed E-state index contributed by atoms with van der Waals surface area (Å²) in [5.41, 5.74) is 4.45. The second-order valence-corrected chi connectivity index (χ2v) is 6.69. The molecule has 0 bridgehead atoms. The predicted molar refractivity (Wildman–Crippen MR) is 114 cm³/mol. The maximum Gasteiger partial charge on any atom is 0.287 e. The number of anilines is 1. The highest BCUT2D eigenvalue weighted by Gasteiger charge is 2.11. The summed E-state index contributed by atoms with van der Waals surface area (Å²) in [5, 5.41) is 14.7. The first-order chi connectivity index (χ1) is 14.1. The standard InChI is InChI=1S/C20H17BrN4O4/c1-28-18-10-15(11-23-24-19-8-7-16(12-22-19)25(26)27)9-17(21)20(18)29-13-14-5-3-2-4-6-14/h2-12H,13H2,1H3,(H,22,24)/b23-11+. The molecular formula is C20H17BrN4O4. The van der Waals surface area contributed by atoms with Crippen LogP contribution >= 0.6 is 15.9 Å². The van der Waals surface area contributed by atoms with E-state index in [4.69, 9.17) is 9.47 Å². The van der Waals surface area contributed by atoms with Gasteiger partial charge < -0.3 is 9.47 Å². The van der Waals surface area contributed by atoms with Crippen molar-refractivity contribution in [2.45, 2.75) is 6.61 Å². The fourth-order valence-electron chi connectivity index (χ4n) is 2.42. The smallest absolute Gasteiger partial charge is 0.287 e. The van der Waals surface area contributed by atoms with E-state index in [0.717, 1.165) is 21.8 Å². The van der Waals surface area contributed by atoms with Crippen molar-refractivity contribution in [3.8, 4) is 11.5 Å². The molecule has 0 atom stereocenters. The minimum Gasteiger partial charge on any atom is -0.493 e. The van der Waals surface area contributed by atoms with E-state index in [0.29, 0.717) is 23.9 Å². The molecule has 29 heavy (non-hydrogen) atoms. The van der Waals surface area contributed by atoms with Crippen LogP contribution in [0.25, 0.3) is 0 Å². The van der Waals surface area contributed by atoms with Crippen LogP contribution in [0, 0.1) is 10.1 Å². The van der Waals surface area contributed by atoms with Crippen LogP contribution in [0.3, 0.4) is 0 Å². The van der Waals surface area contributed by atoms with Crippen molar-refractivity contribution < 1.29 is 14.4 Å². The third-order valence-corrected chi connectivity index (χ3v) is 4.42. The van der Waals surface area contributed by atoms with Crippen molar-refractivity contribution in [2.24, 2.45) is 5.10 Å². The van der Waals surface area contributed by atoms with Crippen molar-refractivity contribution >= 4 is 33.6 Å². The molecule has 0 unspecified atom stereocenters. The summed E-state index contributed by atoms with van der Waals surface area (Å²) in [7, 11) is 1.57. The lowest BCUT2D eigenvalue weighted by Crippen LogP contribution is -2.00. The number of hydrogen-bond donors (Lipinski definition) is 1. The number of nitrogens with one attached hydrogen (secondary N) is 1. The van der Waals surface area contributed by atoms with Crippen LogP contribution in [0.5, 0.6) is 11.5 Å². The van der Waals surface area contributed by atoms with E-state index in [1.54, 1.807) is 19.4 Å². The summed E-state index contributed by atoms with van der Waals surface area (Å²) in [4.78, 5) is 14.1. The number of aromatic nitrogens is 1. The molecule has 0 spiro atoms. The van der Waals surface area contributed by atoms with Gasteiger partial charge in [-0.05, 0) is 45.3 Å². The molecular weight excluding hydrogens is 440 g/mol. The Morgan fingerprint density at radius 3 is 2.69 bits per heavy atom. The fourth-order valence-corrected chi connectivity index (χ4v) is 2.99. The Bertz CT molecular complexity index is 1010. The van der Waals surface area contributed by atoms with E-state index in [2.05, 4.69) is 31.4 Å². The first-order valence-electron chi connectivity index (χ1n) is 8.50. The molecule has 3 aromatic rings. The summed E-state index contributed by atoms with van der Waals surface area (Å²) >= 11 is 3.51. The number of ether oxygens (including phenoxy) is 2. The van der Waals surface area contributed by atoms with Crippen LogP contribution in [0.2, 0.25) is 0 Å². The molecule has 0 aliphatic heterocycles. The molecule has 0 fully saturated rings. The second-order valence-electron chi connectivity index (χ2n) is 5.84. The number of hydrazone groups is 1. The summed E-state index contributed by atoms with van der Waals surface area (Å²) in [6.45, 7) is 0.413. The average molecular weight is 457 g/mol. The van der Waals surface area contributed by atoms with E-state index < -0.39 is 4.92 Å². The molecule has 9 heteroatoms. The van der Waals surface area contributed by atoms with Crippen LogP contribution in [-0.4, -0.2) is 23.2 Å². The summed E-state index contributed by atoms with van der Waals surface area (Å²) < 4.78 is 12.1. The second kappa shape index (κ2) is 9.65. The molecule has 0 aliphatic rings. The molecule has 3 rings (SSSR count). The largest absolute Gasteiger partial charge is 0.493 e. The minimum atomic E-state index is -0.509. The molecule has 148 valence electrons. The molecule has 1 N–H and O–H groups in total. The Kier molecular flexibility index (Phi) is 6.75. The van der Waals surface area contributed by atoms with Crippen molar-refractivity contribution in [3.05, 3.63) is 86.5 Å². The van der Waals surface area contributed by atoms with Gasteiger partial charge in [-0.2, -0.15) is 5.10 Å². The van der Waals surface area contributed by atoms with Gasteiger partial charge >= 0.3 is 0 Å². The van der Waals surface area contributed by atoms with Crippen LogP contribution in [-0.2, 0) is 6.61 Å². The van der Waals surface area contributed by atoms with Gasteiger partial charge in [0.15, 0.2) is 11.5 Å². The molecule has 8 nitrogen and oxygen atoms in total. The molecule has 0 amide bonds. The molecule has 0 saturated carbocycles. The quantitative estimate of drug-likeness (QED) is 0.297. The zero-order valence-corrected chi connectivity index (χ0v) is 17.0. The first-order valence-corrected chi connectivity index (χ1v) is 9.30. The maximum absolute atomic E-state index is 10.6. The zero-order chi connectivity index (χ0) is 20.6. The van der Waals surface area contributed by atoms with E-state index in [1.165, 1.54) is 12.1 Å². The highest BCUT2D eigenvalue weighted by atomic mass is 79.9. The van der Waals surface area contributed by atoms with Crippen LogP contribution in [0.1, 0.15) is 11.1 Å². The lowest BCUT2D eigenvalue weighted by Gasteiger charge is -2.13. The Morgan fingerprint density at radius 2 is 2.03 bits per heavy atom. The monoisotopic (exact) mass is 456 g/mol. The van der Waals surface area contributed by atoms with Crippen molar-refractivity contribution in [1.29, 1.82) is 0 Å². The van der Waals surface area contributed by atoms with Gasteiger partial charge in [-0.15, -0.1) is 0 Å².